The average Bonchev–Trinajstić information content (AvgIpc) is 4.30. The number of amides is 4. The molecule has 0 bridgehead atoms. The molecule has 2 aromatic carbocycles. The van der Waals surface area contributed by atoms with E-state index < -0.39 is 22.6 Å². The number of aromatic nitrogens is 7. The molecule has 8 heterocycles. The second-order valence-electron chi connectivity index (χ2n) is 22.8. The van der Waals surface area contributed by atoms with Gasteiger partial charge in [-0.25, -0.2) is 19.7 Å². The van der Waals surface area contributed by atoms with Gasteiger partial charge in [0.1, 0.15) is 28.9 Å². The fourth-order valence-electron chi connectivity index (χ4n) is 11.4. The summed E-state index contributed by atoms with van der Waals surface area (Å²) < 4.78 is 8.48. The molecule has 432 valence electrons. The molecular weight excluding hydrogens is 1110 g/mol. The van der Waals surface area contributed by atoms with Gasteiger partial charge < -0.3 is 44.5 Å². The maximum Gasteiger partial charge on any atom is 0.408 e. The van der Waals surface area contributed by atoms with Gasteiger partial charge in [-0.05, 0) is 119 Å². The highest BCUT2D eigenvalue weighted by atomic mass is 35.5. The minimum Gasteiger partial charge on any atom is -0.444 e. The average molecular weight is 1180 g/mol. The Bertz CT molecular complexity index is 3090. The summed E-state index contributed by atoms with van der Waals surface area (Å²) in [6.45, 7) is 18.3. The molecule has 4 aliphatic rings. The summed E-state index contributed by atoms with van der Waals surface area (Å²) in [5, 5.41) is 16.2. The first-order chi connectivity index (χ1) is 39.0. The van der Waals surface area contributed by atoms with Crippen LogP contribution in [0.25, 0.3) is 16.7 Å². The minimum absolute atomic E-state index is 0.0285. The molecule has 0 aliphatic carbocycles. The Morgan fingerprint density at radius 3 is 2.32 bits per heavy atom. The van der Waals surface area contributed by atoms with Crippen molar-refractivity contribution in [3.05, 3.63) is 106 Å². The molecule has 81 heavy (non-hydrogen) atoms. The molecule has 0 spiro atoms. The van der Waals surface area contributed by atoms with Crippen LogP contribution in [0.4, 0.5) is 10.6 Å². The van der Waals surface area contributed by atoms with Crippen LogP contribution < -0.4 is 15.5 Å². The minimum atomic E-state index is -1.27. The van der Waals surface area contributed by atoms with Crippen molar-refractivity contribution in [2.24, 2.45) is 5.92 Å². The molecule has 3 N–H and O–H groups in total. The van der Waals surface area contributed by atoms with Crippen molar-refractivity contribution < 1.29 is 23.9 Å². The van der Waals surface area contributed by atoms with E-state index in [1.54, 1.807) is 45.1 Å². The summed E-state index contributed by atoms with van der Waals surface area (Å²) in [7, 11) is 0. The van der Waals surface area contributed by atoms with Gasteiger partial charge in [0.05, 0.1) is 23.6 Å². The molecule has 4 amide bonds. The van der Waals surface area contributed by atoms with Crippen LogP contribution in [-0.2, 0) is 20.1 Å². The Balaban J connectivity index is 0.648. The number of aromatic amines is 1. The van der Waals surface area contributed by atoms with Gasteiger partial charge in [0.2, 0.25) is 16.8 Å². The number of piperazine rings is 2. The van der Waals surface area contributed by atoms with Gasteiger partial charge in [0.15, 0.2) is 4.34 Å². The number of hydrogen-bond acceptors (Lipinski definition) is 17. The largest absolute Gasteiger partial charge is 0.444 e. The summed E-state index contributed by atoms with van der Waals surface area (Å²) in [6.07, 6.45) is 11.4. The molecular formula is C57H74ClN15O5S3. The van der Waals surface area contributed by atoms with Crippen molar-refractivity contribution in [3.63, 3.8) is 0 Å². The summed E-state index contributed by atoms with van der Waals surface area (Å²) in [4.78, 5) is 84.7. The molecule has 0 radical (unpaired) electrons. The maximum absolute atomic E-state index is 14.6. The topological polar surface area (TPSA) is 206 Å². The number of H-pyrrole nitrogens is 1. The number of halogens is 1. The molecule has 10 rings (SSSR count). The molecule has 4 aliphatic heterocycles. The number of aryl methyl sites for hydroxylation is 1. The molecule has 20 nitrogen and oxygen atoms in total. The van der Waals surface area contributed by atoms with Crippen LogP contribution in [0.5, 0.6) is 0 Å². The van der Waals surface area contributed by atoms with Gasteiger partial charge in [-0.2, -0.15) is 12.6 Å². The lowest BCUT2D eigenvalue weighted by Crippen LogP contribution is -2.64. The monoisotopic (exact) mass is 1180 g/mol. The van der Waals surface area contributed by atoms with Crippen molar-refractivity contribution in [1.29, 1.82) is 0 Å². The number of nitrogens with zero attached hydrogens (tertiary/aromatic N) is 12. The van der Waals surface area contributed by atoms with E-state index in [-0.39, 0.29) is 23.6 Å². The summed E-state index contributed by atoms with van der Waals surface area (Å²) >= 11 is 14.4. The second kappa shape index (κ2) is 26.2. The lowest BCUT2D eigenvalue weighted by Gasteiger charge is -2.42. The van der Waals surface area contributed by atoms with Crippen molar-refractivity contribution in [2.45, 2.75) is 92.3 Å². The van der Waals surface area contributed by atoms with Crippen LogP contribution in [0.3, 0.4) is 0 Å². The van der Waals surface area contributed by atoms with Crippen LogP contribution in [0.15, 0.2) is 84.1 Å². The second-order valence-corrected chi connectivity index (χ2v) is 26.0. The van der Waals surface area contributed by atoms with Crippen LogP contribution in [-0.4, -0.2) is 198 Å². The number of ether oxygens (including phenoxy) is 1. The zero-order valence-corrected chi connectivity index (χ0v) is 49.9. The Hall–Kier alpha value is -5.82. The molecule has 24 heteroatoms. The first-order valence-corrected chi connectivity index (χ1v) is 30.8. The Morgan fingerprint density at radius 1 is 0.889 bits per heavy atom. The lowest BCUT2D eigenvalue weighted by molar-refractivity contribution is -0.134. The van der Waals surface area contributed by atoms with Crippen LogP contribution >= 0.6 is 47.3 Å². The molecule has 4 aromatic heterocycles. The number of anilines is 1. The van der Waals surface area contributed by atoms with Crippen molar-refractivity contribution in [2.75, 3.05) is 103 Å². The standard InChI is InChI=1S/C57H74ClN15O5S3/c1-39-33-44(73-24-18-59-38-73)10-7-42(39)36-80-55-66-65-51(81-55)52(75)72-20-12-40(13-21-72)34-68-25-27-69(28-26-68)35-47(74)70-31-29-67(30-32-70)19-14-45(41-5-8-43(58)9-6-41)50(79)63-53(76)57(64-54(77)78-56(2,3)4)15-22-71(23-16-57)49-46-11-17-60-48(46)61-37-62-49/h5-11,17-18,24,33,37-38,40,45,50,79H,12-16,19-23,25-32,34-36H2,1-4H3,(H,63,76)(H,64,77)(H,60,61,62). The fourth-order valence-corrected chi connectivity index (χ4v) is 13.9. The molecule has 4 saturated heterocycles. The summed E-state index contributed by atoms with van der Waals surface area (Å²) in [5.41, 5.74) is 3.17. The normalized spacial score (nSPS) is 18.7. The number of piperidine rings is 2. The van der Waals surface area contributed by atoms with Gasteiger partial charge in [-0.1, -0.05) is 52.9 Å². The predicted octanol–water partition coefficient (Wildman–Crippen LogP) is 6.97. The van der Waals surface area contributed by atoms with Gasteiger partial charge in [0.25, 0.3) is 5.91 Å². The number of hydrogen-bond donors (Lipinski definition) is 4. The third-order valence-corrected chi connectivity index (χ3v) is 19.0. The Kier molecular flexibility index (Phi) is 18.9. The highest BCUT2D eigenvalue weighted by Crippen LogP contribution is 2.34. The number of nitrogens with one attached hydrogen (secondary N) is 3. The van der Waals surface area contributed by atoms with E-state index in [0.29, 0.717) is 81.0 Å². The number of carbonyl (C=O) groups excluding carboxylic acids is 4. The van der Waals surface area contributed by atoms with E-state index >= 15 is 0 Å². The lowest BCUT2D eigenvalue weighted by atomic mass is 9.85. The molecule has 0 saturated carbocycles. The summed E-state index contributed by atoms with van der Waals surface area (Å²) in [5.74, 6) is 1.65. The third kappa shape index (κ3) is 14.9. The number of alkyl carbamates (subject to hydrolysis) is 1. The van der Waals surface area contributed by atoms with Crippen LogP contribution in [0.2, 0.25) is 5.02 Å². The van der Waals surface area contributed by atoms with E-state index in [1.165, 1.54) is 28.8 Å². The third-order valence-electron chi connectivity index (χ3n) is 16.2. The van der Waals surface area contributed by atoms with Crippen LogP contribution in [0, 0.1) is 12.8 Å². The molecule has 2 atom stereocenters. The SMILES string of the molecule is Cc1cc(-n2ccnc2)ccc1CSc1nnc(C(=O)N2CCC(CN3CCN(CC(=O)N4CCN(CCC(c5ccc(Cl)cc5)C(S)NC(=O)C5(NC(=O)OC(C)(C)C)CCN(c6ncnc7[nH]ccc67)CC5)CC4)CC3)CC2)s1. The van der Waals surface area contributed by atoms with Crippen molar-refractivity contribution in [1.82, 2.24) is 69.8 Å². The van der Waals surface area contributed by atoms with E-state index in [2.05, 4.69) is 85.5 Å². The fraction of sp³-hybridized carbons (Fsp3) is 0.526. The van der Waals surface area contributed by atoms with Gasteiger partial charge in [0, 0.05) is 126 Å². The maximum atomic E-state index is 14.6. The molecule has 6 aromatic rings. The number of thioether (sulfide) groups is 1. The van der Waals surface area contributed by atoms with Crippen molar-refractivity contribution >= 4 is 88.0 Å². The number of fused-ring (bicyclic) bond motifs is 1. The van der Waals surface area contributed by atoms with Gasteiger partial charge >= 0.3 is 6.09 Å². The van der Waals surface area contributed by atoms with E-state index in [1.807, 2.05) is 57.1 Å². The molecule has 2 unspecified atom stereocenters. The number of thiol groups is 1. The van der Waals surface area contributed by atoms with E-state index in [0.717, 1.165) is 103 Å². The highest BCUT2D eigenvalue weighted by Gasteiger charge is 2.45. The quantitative estimate of drug-likeness (QED) is 0.0390. The van der Waals surface area contributed by atoms with Gasteiger partial charge in [-0.15, -0.1) is 10.2 Å². The zero-order valence-electron chi connectivity index (χ0n) is 46.6. The smallest absolute Gasteiger partial charge is 0.408 e. The number of benzene rings is 2. The van der Waals surface area contributed by atoms with Gasteiger partial charge in [-0.3, -0.25) is 24.2 Å². The number of carbonyl (C=O) groups is 4. The zero-order chi connectivity index (χ0) is 56.7. The molecule has 4 fully saturated rings. The number of likely N-dealkylation sites (tertiary alicyclic amines) is 1. The first-order valence-electron chi connectivity index (χ1n) is 28.1. The first kappa shape index (κ1) is 58.4. The highest BCUT2D eigenvalue weighted by molar-refractivity contribution is 8.00. The van der Waals surface area contributed by atoms with Crippen molar-refractivity contribution in [3.8, 4) is 5.69 Å². The van der Waals surface area contributed by atoms with E-state index in [9.17, 15) is 19.2 Å². The van der Waals surface area contributed by atoms with Crippen LogP contribution in [0.1, 0.15) is 85.3 Å². The predicted molar refractivity (Wildman–Crippen MR) is 319 cm³/mol. The number of imidazole rings is 1. The Labute approximate surface area is 492 Å². The number of rotatable bonds is 18. The van der Waals surface area contributed by atoms with E-state index in [4.69, 9.17) is 29.0 Å². The summed E-state index contributed by atoms with van der Waals surface area (Å²) in [6, 6.07) is 16.0. The Morgan fingerprint density at radius 2 is 1.62 bits per heavy atom.